The summed E-state index contributed by atoms with van der Waals surface area (Å²) < 4.78 is 63.1. The van der Waals surface area contributed by atoms with Crippen LogP contribution in [0.5, 0.6) is 0 Å². The van der Waals surface area contributed by atoms with Crippen LogP contribution in [0.25, 0.3) is 0 Å². The molecule has 0 aliphatic rings. The molecule has 0 aromatic rings. The molecule has 0 aromatic heterocycles. The Morgan fingerprint density at radius 3 is 1.85 bits per heavy atom. The first-order valence-corrected chi connectivity index (χ1v) is 3.69. The van der Waals surface area contributed by atoms with Crippen molar-refractivity contribution in [1.29, 1.82) is 0 Å². The lowest BCUT2D eigenvalue weighted by molar-refractivity contribution is -0.297. The number of halogens is 5. The highest BCUT2D eigenvalue weighted by atomic mass is 19.4. The second-order valence-corrected chi connectivity index (χ2v) is 3.11. The monoisotopic (exact) mass is 206 g/mol. The second-order valence-electron chi connectivity index (χ2n) is 3.11. The molecule has 0 spiro atoms. The Bertz CT molecular complexity index is 151. The Hall–Kier alpha value is -0.390. The Morgan fingerprint density at radius 2 is 1.54 bits per heavy atom. The van der Waals surface area contributed by atoms with E-state index in [0.717, 1.165) is 0 Å². The van der Waals surface area contributed by atoms with E-state index in [-0.39, 0.29) is 12.5 Å². The first-order chi connectivity index (χ1) is 5.67. The Labute approximate surface area is 72.9 Å². The topological polar surface area (TPSA) is 9.23 Å². The van der Waals surface area contributed by atoms with E-state index in [9.17, 15) is 22.0 Å². The summed E-state index contributed by atoms with van der Waals surface area (Å²) in [5.41, 5.74) is 0. The van der Waals surface area contributed by atoms with Crippen molar-refractivity contribution in [2.75, 3.05) is 13.2 Å². The third-order valence-corrected chi connectivity index (χ3v) is 1.15. The molecule has 0 atom stereocenters. The first-order valence-electron chi connectivity index (χ1n) is 3.69. The van der Waals surface area contributed by atoms with Gasteiger partial charge in [0.1, 0.15) is 6.61 Å². The van der Waals surface area contributed by atoms with Gasteiger partial charge in [0.25, 0.3) is 0 Å². The van der Waals surface area contributed by atoms with Crippen molar-refractivity contribution in [2.24, 2.45) is 5.92 Å². The van der Waals surface area contributed by atoms with Gasteiger partial charge in [-0.25, -0.2) is 0 Å². The van der Waals surface area contributed by atoms with Crippen LogP contribution in [0.1, 0.15) is 13.8 Å². The van der Waals surface area contributed by atoms with E-state index in [1.54, 1.807) is 13.8 Å². The van der Waals surface area contributed by atoms with Gasteiger partial charge >= 0.3 is 12.1 Å². The second kappa shape index (κ2) is 4.21. The third kappa shape index (κ3) is 4.40. The summed E-state index contributed by atoms with van der Waals surface area (Å²) >= 11 is 0. The van der Waals surface area contributed by atoms with Gasteiger partial charge in [-0.3, -0.25) is 0 Å². The van der Waals surface area contributed by atoms with E-state index < -0.39 is 18.7 Å². The van der Waals surface area contributed by atoms with Crippen molar-refractivity contribution in [1.82, 2.24) is 0 Å². The zero-order valence-electron chi connectivity index (χ0n) is 7.29. The predicted octanol–water partition coefficient (Wildman–Crippen LogP) is 2.86. The molecule has 1 nitrogen and oxygen atoms in total. The highest BCUT2D eigenvalue weighted by Crippen LogP contribution is 2.35. The number of ether oxygens (including phenoxy) is 1. The van der Waals surface area contributed by atoms with E-state index in [1.165, 1.54) is 0 Å². The van der Waals surface area contributed by atoms with Crippen molar-refractivity contribution >= 4 is 0 Å². The number of rotatable bonds is 4. The SMILES string of the molecule is CC(C)COCC(F)(F)C(F)(F)F. The Morgan fingerprint density at radius 1 is 1.08 bits per heavy atom. The third-order valence-electron chi connectivity index (χ3n) is 1.15. The maximum atomic E-state index is 12.1. The fourth-order valence-electron chi connectivity index (χ4n) is 0.505. The van der Waals surface area contributed by atoms with Gasteiger partial charge in [-0.05, 0) is 5.92 Å². The molecular weight excluding hydrogens is 195 g/mol. The summed E-state index contributed by atoms with van der Waals surface area (Å²) in [4.78, 5) is 0. The number of alkyl halides is 5. The van der Waals surface area contributed by atoms with Crippen LogP contribution >= 0.6 is 0 Å². The summed E-state index contributed by atoms with van der Waals surface area (Å²) in [6.07, 6.45) is -5.52. The molecule has 0 saturated carbocycles. The molecule has 0 rings (SSSR count). The molecule has 0 amide bonds. The average Bonchev–Trinajstić information content (AvgIpc) is 1.82. The maximum Gasteiger partial charge on any atom is 0.455 e. The van der Waals surface area contributed by atoms with Gasteiger partial charge in [-0.1, -0.05) is 13.8 Å². The van der Waals surface area contributed by atoms with Crippen LogP contribution in [0.15, 0.2) is 0 Å². The van der Waals surface area contributed by atoms with Crippen LogP contribution in [-0.2, 0) is 4.74 Å². The minimum absolute atomic E-state index is 0.0657. The molecule has 0 bridgehead atoms. The van der Waals surface area contributed by atoms with Crippen LogP contribution in [0.4, 0.5) is 22.0 Å². The summed E-state index contributed by atoms with van der Waals surface area (Å²) in [5.74, 6) is -4.81. The van der Waals surface area contributed by atoms with E-state index >= 15 is 0 Å². The first kappa shape index (κ1) is 12.6. The molecule has 0 aliphatic carbocycles. The molecule has 0 N–H and O–H groups in total. The normalized spacial score (nSPS) is 13.8. The molecule has 80 valence electrons. The Kier molecular flexibility index (Phi) is 4.09. The fourth-order valence-corrected chi connectivity index (χ4v) is 0.505. The van der Waals surface area contributed by atoms with Crippen LogP contribution in [-0.4, -0.2) is 25.3 Å². The molecule has 0 aliphatic heterocycles. The highest BCUT2D eigenvalue weighted by molar-refractivity contribution is 4.74. The molecule has 0 radical (unpaired) electrons. The van der Waals surface area contributed by atoms with E-state index in [2.05, 4.69) is 4.74 Å². The largest absolute Gasteiger partial charge is 0.455 e. The van der Waals surface area contributed by atoms with Crippen molar-refractivity contribution < 1.29 is 26.7 Å². The van der Waals surface area contributed by atoms with Gasteiger partial charge in [0.2, 0.25) is 0 Å². The summed E-state index contributed by atoms with van der Waals surface area (Å²) in [7, 11) is 0. The highest BCUT2D eigenvalue weighted by Gasteiger charge is 2.57. The number of hydrogen-bond acceptors (Lipinski definition) is 1. The molecule has 0 fully saturated rings. The van der Waals surface area contributed by atoms with E-state index in [0.29, 0.717) is 0 Å². The van der Waals surface area contributed by atoms with Gasteiger partial charge < -0.3 is 4.74 Å². The van der Waals surface area contributed by atoms with Gasteiger partial charge in [0.05, 0.1) is 0 Å². The summed E-state index contributed by atoms with van der Waals surface area (Å²) in [5, 5.41) is 0. The molecule has 0 heterocycles. The van der Waals surface area contributed by atoms with Gasteiger partial charge in [0, 0.05) is 6.61 Å². The van der Waals surface area contributed by atoms with Crippen LogP contribution in [0.3, 0.4) is 0 Å². The smallest absolute Gasteiger partial charge is 0.375 e. The van der Waals surface area contributed by atoms with Crippen LogP contribution in [0, 0.1) is 5.92 Å². The minimum atomic E-state index is -5.52. The maximum absolute atomic E-state index is 12.1. The van der Waals surface area contributed by atoms with Gasteiger partial charge in [-0.2, -0.15) is 22.0 Å². The van der Waals surface area contributed by atoms with Crippen LogP contribution in [0.2, 0.25) is 0 Å². The van der Waals surface area contributed by atoms with E-state index in [4.69, 9.17) is 0 Å². The molecule has 0 aromatic carbocycles. The molecule has 6 heteroatoms. The zero-order valence-corrected chi connectivity index (χ0v) is 7.29. The van der Waals surface area contributed by atoms with Gasteiger partial charge in [0.15, 0.2) is 0 Å². The molecule has 0 saturated heterocycles. The predicted molar refractivity (Wildman–Crippen MR) is 36.7 cm³/mol. The average molecular weight is 206 g/mol. The molecule has 0 unspecified atom stereocenters. The van der Waals surface area contributed by atoms with Crippen molar-refractivity contribution in [3.63, 3.8) is 0 Å². The molecular formula is C7H11F5O. The zero-order chi connectivity index (χ0) is 10.7. The summed E-state index contributed by atoms with van der Waals surface area (Å²) in [6.45, 7) is 1.61. The van der Waals surface area contributed by atoms with Crippen molar-refractivity contribution in [3.05, 3.63) is 0 Å². The standard InChI is InChI=1S/C7H11F5O/c1-5(2)3-13-4-6(8,9)7(10,11)12/h5H,3-4H2,1-2H3. The fraction of sp³-hybridized carbons (Fsp3) is 1.00. The van der Waals surface area contributed by atoms with Crippen LogP contribution < -0.4 is 0 Å². The van der Waals surface area contributed by atoms with Crippen molar-refractivity contribution in [2.45, 2.75) is 25.9 Å². The summed E-state index contributed by atoms with van der Waals surface area (Å²) in [6, 6.07) is 0. The lowest BCUT2D eigenvalue weighted by Crippen LogP contribution is -2.41. The lowest BCUT2D eigenvalue weighted by Gasteiger charge is -2.19. The van der Waals surface area contributed by atoms with Gasteiger partial charge in [-0.15, -0.1) is 0 Å². The Balaban J connectivity index is 3.90. The van der Waals surface area contributed by atoms with Crippen molar-refractivity contribution in [3.8, 4) is 0 Å². The molecule has 13 heavy (non-hydrogen) atoms. The van der Waals surface area contributed by atoms with E-state index in [1.807, 2.05) is 0 Å². The minimum Gasteiger partial charge on any atom is -0.375 e. The number of hydrogen-bond donors (Lipinski definition) is 0. The lowest BCUT2D eigenvalue weighted by atomic mass is 10.2. The quantitative estimate of drug-likeness (QED) is 0.642.